The Balaban J connectivity index is 1.96. The summed E-state index contributed by atoms with van der Waals surface area (Å²) in [7, 11) is 0. The van der Waals surface area contributed by atoms with Gasteiger partial charge in [-0.25, -0.2) is 0 Å². The van der Waals surface area contributed by atoms with Gasteiger partial charge in [0.1, 0.15) is 12.4 Å². The molecule has 130 valence electrons. The average molecular weight is 326 g/mol. The molecule has 0 spiro atoms. The predicted octanol–water partition coefficient (Wildman–Crippen LogP) is 4.60. The minimum absolute atomic E-state index is 0.398. The largest absolute Gasteiger partial charge is 0.492 e. The molecule has 3 heteroatoms. The molecule has 0 unspecified atom stereocenters. The molecule has 0 saturated carbocycles. The Hall–Kier alpha value is -2.00. The molecule has 0 aliphatic rings. The van der Waals surface area contributed by atoms with Crippen molar-refractivity contribution in [3.05, 3.63) is 59.2 Å². The molecular formula is C21H30N2O. The van der Waals surface area contributed by atoms with Crippen LogP contribution in [-0.2, 0) is 6.54 Å². The Bertz CT molecular complexity index is 638. The minimum Gasteiger partial charge on any atom is -0.492 e. The zero-order valence-corrected chi connectivity index (χ0v) is 15.4. The van der Waals surface area contributed by atoms with Crippen LogP contribution in [0.1, 0.15) is 43.4 Å². The van der Waals surface area contributed by atoms with Crippen LogP contribution in [0.25, 0.3) is 0 Å². The van der Waals surface area contributed by atoms with E-state index >= 15 is 0 Å². The van der Waals surface area contributed by atoms with Gasteiger partial charge in [0.15, 0.2) is 0 Å². The number of rotatable bonds is 8. The molecule has 0 fully saturated rings. The number of hydrogen-bond donors (Lipinski definition) is 1. The Morgan fingerprint density at radius 2 is 1.83 bits per heavy atom. The Kier molecular flexibility index (Phi) is 6.68. The third kappa shape index (κ3) is 5.00. The summed E-state index contributed by atoms with van der Waals surface area (Å²) in [6, 6.07) is 14.7. The molecule has 0 atom stereocenters. The van der Waals surface area contributed by atoms with Crippen molar-refractivity contribution in [3.8, 4) is 5.75 Å². The van der Waals surface area contributed by atoms with Crippen LogP contribution in [0.3, 0.4) is 0 Å². The van der Waals surface area contributed by atoms with Crippen molar-refractivity contribution in [1.29, 1.82) is 0 Å². The lowest BCUT2D eigenvalue weighted by atomic mass is 9.99. The molecule has 2 rings (SSSR count). The number of anilines is 1. The number of ether oxygens (including phenoxy) is 1. The van der Waals surface area contributed by atoms with E-state index in [0.717, 1.165) is 36.6 Å². The zero-order chi connectivity index (χ0) is 17.5. The van der Waals surface area contributed by atoms with Gasteiger partial charge >= 0.3 is 0 Å². The molecule has 0 aliphatic heterocycles. The molecule has 0 aromatic heterocycles. The quantitative estimate of drug-likeness (QED) is 0.720. The first kappa shape index (κ1) is 18.3. The van der Waals surface area contributed by atoms with Crippen molar-refractivity contribution in [2.45, 2.75) is 40.2 Å². The molecule has 24 heavy (non-hydrogen) atoms. The van der Waals surface area contributed by atoms with Gasteiger partial charge in [-0.2, -0.15) is 0 Å². The van der Waals surface area contributed by atoms with E-state index in [1.54, 1.807) is 0 Å². The van der Waals surface area contributed by atoms with Gasteiger partial charge in [-0.1, -0.05) is 51.1 Å². The third-order valence-electron chi connectivity index (χ3n) is 4.38. The summed E-state index contributed by atoms with van der Waals surface area (Å²) in [6.07, 6.45) is 0. The topological polar surface area (TPSA) is 38.5 Å². The SMILES string of the molecule is CCN(CCOc1cc(C)c(N)cc1C(C)C)Cc1ccccc1. The van der Waals surface area contributed by atoms with E-state index in [1.807, 2.05) is 6.92 Å². The molecule has 2 aromatic carbocycles. The molecule has 2 aromatic rings. The summed E-state index contributed by atoms with van der Waals surface area (Å²) in [6.45, 7) is 12.1. The van der Waals surface area contributed by atoms with Crippen LogP contribution in [0.4, 0.5) is 5.69 Å². The average Bonchev–Trinajstić information content (AvgIpc) is 2.57. The van der Waals surface area contributed by atoms with Crippen LogP contribution in [0.15, 0.2) is 42.5 Å². The van der Waals surface area contributed by atoms with E-state index in [-0.39, 0.29) is 0 Å². The Morgan fingerprint density at radius 1 is 1.12 bits per heavy atom. The van der Waals surface area contributed by atoms with Crippen molar-refractivity contribution in [2.75, 3.05) is 25.4 Å². The Morgan fingerprint density at radius 3 is 2.46 bits per heavy atom. The number of nitrogens with zero attached hydrogens (tertiary/aromatic N) is 1. The van der Waals surface area contributed by atoms with Gasteiger partial charge in [0, 0.05) is 18.8 Å². The molecule has 0 saturated heterocycles. The third-order valence-corrected chi connectivity index (χ3v) is 4.38. The number of benzene rings is 2. The van der Waals surface area contributed by atoms with Crippen molar-refractivity contribution >= 4 is 5.69 Å². The first-order valence-corrected chi connectivity index (χ1v) is 8.80. The molecule has 0 heterocycles. The Labute approximate surface area is 146 Å². The first-order valence-electron chi connectivity index (χ1n) is 8.80. The highest BCUT2D eigenvalue weighted by atomic mass is 16.5. The van der Waals surface area contributed by atoms with Crippen LogP contribution in [0.5, 0.6) is 5.75 Å². The molecule has 0 bridgehead atoms. The normalized spacial score (nSPS) is 11.2. The number of likely N-dealkylation sites (N-methyl/N-ethyl adjacent to an activating group) is 1. The van der Waals surface area contributed by atoms with Crippen LogP contribution in [0, 0.1) is 6.92 Å². The van der Waals surface area contributed by atoms with E-state index in [9.17, 15) is 0 Å². The molecular weight excluding hydrogens is 296 g/mol. The molecule has 3 nitrogen and oxygen atoms in total. The summed E-state index contributed by atoms with van der Waals surface area (Å²) >= 11 is 0. The van der Waals surface area contributed by atoms with E-state index in [4.69, 9.17) is 10.5 Å². The van der Waals surface area contributed by atoms with Gasteiger partial charge < -0.3 is 10.5 Å². The van der Waals surface area contributed by atoms with Crippen molar-refractivity contribution < 1.29 is 4.74 Å². The molecule has 2 N–H and O–H groups in total. The first-order chi connectivity index (χ1) is 11.5. The number of aryl methyl sites for hydroxylation is 1. The maximum absolute atomic E-state index is 6.11. The van der Waals surface area contributed by atoms with Gasteiger partial charge in [0.2, 0.25) is 0 Å². The van der Waals surface area contributed by atoms with Gasteiger partial charge in [-0.05, 0) is 48.2 Å². The van der Waals surface area contributed by atoms with Crippen molar-refractivity contribution in [3.63, 3.8) is 0 Å². The van der Waals surface area contributed by atoms with Crippen molar-refractivity contribution in [1.82, 2.24) is 4.90 Å². The highest BCUT2D eigenvalue weighted by Gasteiger charge is 2.11. The highest BCUT2D eigenvalue weighted by Crippen LogP contribution is 2.30. The van der Waals surface area contributed by atoms with Crippen LogP contribution >= 0.6 is 0 Å². The number of nitrogens with two attached hydrogens (primary N) is 1. The van der Waals surface area contributed by atoms with E-state index in [0.29, 0.717) is 12.5 Å². The predicted molar refractivity (Wildman–Crippen MR) is 103 cm³/mol. The zero-order valence-electron chi connectivity index (χ0n) is 15.4. The van der Waals surface area contributed by atoms with E-state index < -0.39 is 0 Å². The fourth-order valence-electron chi connectivity index (χ4n) is 2.77. The number of hydrogen-bond acceptors (Lipinski definition) is 3. The fraction of sp³-hybridized carbons (Fsp3) is 0.429. The maximum Gasteiger partial charge on any atom is 0.123 e. The highest BCUT2D eigenvalue weighted by molar-refractivity contribution is 5.55. The van der Waals surface area contributed by atoms with Gasteiger partial charge in [-0.15, -0.1) is 0 Å². The van der Waals surface area contributed by atoms with Crippen molar-refractivity contribution in [2.24, 2.45) is 0 Å². The standard InChI is InChI=1S/C21H30N2O/c1-5-23(15-18-9-7-6-8-10-18)11-12-24-21-13-17(4)20(22)14-19(21)16(2)3/h6-10,13-14,16H,5,11-12,15,22H2,1-4H3. The van der Waals surface area contributed by atoms with Gasteiger partial charge in [-0.3, -0.25) is 4.90 Å². The maximum atomic E-state index is 6.11. The second kappa shape index (κ2) is 8.74. The minimum atomic E-state index is 0.398. The smallest absolute Gasteiger partial charge is 0.123 e. The van der Waals surface area contributed by atoms with E-state index in [1.165, 1.54) is 11.1 Å². The summed E-state index contributed by atoms with van der Waals surface area (Å²) in [5.74, 6) is 1.36. The second-order valence-corrected chi connectivity index (χ2v) is 6.60. The summed E-state index contributed by atoms with van der Waals surface area (Å²) in [5, 5.41) is 0. The van der Waals surface area contributed by atoms with Crippen LogP contribution in [-0.4, -0.2) is 24.6 Å². The van der Waals surface area contributed by atoms with E-state index in [2.05, 4.69) is 68.1 Å². The molecule has 0 aliphatic carbocycles. The van der Waals surface area contributed by atoms with Crippen LogP contribution in [0.2, 0.25) is 0 Å². The lowest BCUT2D eigenvalue weighted by Crippen LogP contribution is -2.28. The fourth-order valence-corrected chi connectivity index (χ4v) is 2.77. The molecule has 0 radical (unpaired) electrons. The lowest BCUT2D eigenvalue weighted by molar-refractivity contribution is 0.208. The molecule has 0 amide bonds. The van der Waals surface area contributed by atoms with Gasteiger partial charge in [0.05, 0.1) is 0 Å². The summed E-state index contributed by atoms with van der Waals surface area (Å²) in [4.78, 5) is 2.40. The second-order valence-electron chi connectivity index (χ2n) is 6.60. The summed E-state index contributed by atoms with van der Waals surface area (Å²) < 4.78 is 6.11. The van der Waals surface area contributed by atoms with Gasteiger partial charge in [0.25, 0.3) is 0 Å². The lowest BCUT2D eigenvalue weighted by Gasteiger charge is -2.22. The monoisotopic (exact) mass is 326 g/mol. The number of nitrogen functional groups attached to an aromatic ring is 1. The van der Waals surface area contributed by atoms with Crippen LogP contribution < -0.4 is 10.5 Å². The summed E-state index contributed by atoms with van der Waals surface area (Å²) in [5.41, 5.74) is 10.5.